The predicted molar refractivity (Wildman–Crippen MR) is 82.4 cm³/mol. The number of rotatable bonds is 0. The smallest absolute Gasteiger partial charge is 0.101 e. The van der Waals surface area contributed by atoms with E-state index in [0.29, 0.717) is 33.6 Å². The van der Waals surface area contributed by atoms with Crippen LogP contribution in [-0.4, -0.2) is 0 Å². The van der Waals surface area contributed by atoms with Gasteiger partial charge in [-0.2, -0.15) is 10.5 Å². The molecule has 6 N–H and O–H groups in total. The Morgan fingerprint density at radius 3 is 2.10 bits per heavy atom. The fraction of sp³-hybridized carbons (Fsp3) is 0. The predicted octanol–water partition coefficient (Wildman–Crippen LogP) is 2.39. The maximum atomic E-state index is 9.31. The van der Waals surface area contributed by atoms with Crippen molar-refractivity contribution in [1.29, 1.82) is 10.5 Å². The first kappa shape index (κ1) is 12.6. The van der Waals surface area contributed by atoms with Crippen molar-refractivity contribution in [2.45, 2.75) is 0 Å². The van der Waals surface area contributed by atoms with Crippen molar-refractivity contribution < 1.29 is 0 Å². The highest BCUT2D eigenvalue weighted by atomic mass is 14.7. The number of anilines is 3. The molecule has 5 heteroatoms. The van der Waals surface area contributed by atoms with Crippen LogP contribution in [0.2, 0.25) is 0 Å². The molecule has 21 heavy (non-hydrogen) atoms. The summed E-state index contributed by atoms with van der Waals surface area (Å²) in [5, 5.41) is 18.5. The van der Waals surface area contributed by atoms with E-state index in [-0.39, 0.29) is 5.69 Å². The van der Waals surface area contributed by atoms with E-state index in [2.05, 4.69) is 6.07 Å². The summed E-state index contributed by atoms with van der Waals surface area (Å²) < 4.78 is 0. The molecule has 0 heterocycles. The van der Waals surface area contributed by atoms with Crippen LogP contribution in [0.4, 0.5) is 17.1 Å². The van der Waals surface area contributed by atoms with E-state index >= 15 is 0 Å². The zero-order valence-corrected chi connectivity index (χ0v) is 11.0. The van der Waals surface area contributed by atoms with Crippen LogP contribution in [-0.2, 0) is 0 Å². The molecule has 0 fully saturated rings. The molecule has 100 valence electrons. The van der Waals surface area contributed by atoms with Crippen LogP contribution in [0.25, 0.3) is 22.3 Å². The quantitative estimate of drug-likeness (QED) is 0.579. The first-order valence-corrected chi connectivity index (χ1v) is 6.21. The molecule has 0 saturated heterocycles. The van der Waals surface area contributed by atoms with Crippen molar-refractivity contribution in [2.75, 3.05) is 17.2 Å². The van der Waals surface area contributed by atoms with Gasteiger partial charge in [0.05, 0.1) is 22.5 Å². The fourth-order valence-corrected chi connectivity index (χ4v) is 2.58. The van der Waals surface area contributed by atoms with E-state index in [0.717, 1.165) is 11.1 Å². The van der Waals surface area contributed by atoms with E-state index < -0.39 is 0 Å². The fourth-order valence-electron chi connectivity index (χ4n) is 2.58. The summed E-state index contributed by atoms with van der Waals surface area (Å²) in [6.45, 7) is 0. The van der Waals surface area contributed by atoms with Crippen LogP contribution in [0.1, 0.15) is 11.1 Å². The Labute approximate surface area is 121 Å². The van der Waals surface area contributed by atoms with E-state index in [9.17, 15) is 5.26 Å². The number of nitriles is 2. The number of nitrogen functional groups attached to an aromatic ring is 3. The normalized spacial score (nSPS) is 10.4. The van der Waals surface area contributed by atoms with Crippen LogP contribution in [0.15, 0.2) is 30.3 Å². The van der Waals surface area contributed by atoms with Gasteiger partial charge in [0.15, 0.2) is 0 Å². The molecule has 0 unspecified atom stereocenters. The Hall–Kier alpha value is -3.44. The summed E-state index contributed by atoms with van der Waals surface area (Å²) in [5.41, 5.74) is 22.6. The second-order valence-corrected chi connectivity index (χ2v) is 4.76. The highest BCUT2D eigenvalue weighted by molar-refractivity contribution is 6.03. The Bertz CT molecular complexity index is 898. The number of nitrogens with two attached hydrogens (primary N) is 3. The third-order valence-corrected chi connectivity index (χ3v) is 3.65. The second kappa shape index (κ2) is 4.29. The highest BCUT2D eigenvalue weighted by Gasteiger charge is 2.22. The maximum Gasteiger partial charge on any atom is 0.101 e. The van der Waals surface area contributed by atoms with Crippen LogP contribution < -0.4 is 17.2 Å². The molecule has 0 aromatic carbocycles. The van der Waals surface area contributed by atoms with Crippen LogP contribution in [0.5, 0.6) is 0 Å². The van der Waals surface area contributed by atoms with Crippen molar-refractivity contribution >= 4 is 17.1 Å². The van der Waals surface area contributed by atoms with E-state index in [4.69, 9.17) is 22.5 Å². The third kappa shape index (κ3) is 1.62. The SMILES string of the molecule is N#Cc1cc2cccc-2c(N)c2c(N)c(C#N)cc-2c1N. The molecule has 0 atom stereocenters. The summed E-state index contributed by atoms with van der Waals surface area (Å²) in [6.07, 6.45) is 0. The van der Waals surface area contributed by atoms with Gasteiger partial charge >= 0.3 is 0 Å². The Morgan fingerprint density at radius 2 is 1.43 bits per heavy atom. The Morgan fingerprint density at radius 1 is 0.762 bits per heavy atom. The lowest BCUT2D eigenvalue weighted by molar-refractivity contribution is 1.49. The molecule has 0 bridgehead atoms. The van der Waals surface area contributed by atoms with Gasteiger partial charge < -0.3 is 17.2 Å². The summed E-state index contributed by atoms with van der Waals surface area (Å²) >= 11 is 0. The summed E-state index contributed by atoms with van der Waals surface area (Å²) in [5.74, 6) is 0. The molecule has 3 aliphatic carbocycles. The molecule has 3 aliphatic rings. The van der Waals surface area contributed by atoms with Gasteiger partial charge in [-0.05, 0) is 17.7 Å². The Balaban J connectivity index is 2.59. The lowest BCUT2D eigenvalue weighted by Crippen LogP contribution is -1.99. The Kier molecular flexibility index (Phi) is 2.57. The van der Waals surface area contributed by atoms with Gasteiger partial charge in [0.25, 0.3) is 0 Å². The average molecular weight is 273 g/mol. The molecule has 0 aromatic heterocycles. The van der Waals surface area contributed by atoms with E-state index in [1.165, 1.54) is 0 Å². The van der Waals surface area contributed by atoms with E-state index in [1.54, 1.807) is 12.1 Å². The molecule has 0 aliphatic heterocycles. The molecule has 5 nitrogen and oxygen atoms in total. The second-order valence-electron chi connectivity index (χ2n) is 4.76. The number of nitrogens with zero attached hydrogens (tertiary/aromatic N) is 2. The summed E-state index contributed by atoms with van der Waals surface area (Å²) in [6, 6.07) is 12.9. The molecule has 0 amide bonds. The topological polar surface area (TPSA) is 126 Å². The van der Waals surface area contributed by atoms with Gasteiger partial charge in [-0.25, -0.2) is 0 Å². The molecule has 0 saturated carbocycles. The van der Waals surface area contributed by atoms with Crippen LogP contribution in [0.3, 0.4) is 0 Å². The van der Waals surface area contributed by atoms with Crippen molar-refractivity contribution in [2.24, 2.45) is 0 Å². The van der Waals surface area contributed by atoms with Crippen molar-refractivity contribution in [3.63, 3.8) is 0 Å². The minimum atomic E-state index is 0.274. The highest BCUT2D eigenvalue weighted by Crippen LogP contribution is 2.45. The lowest BCUT2D eigenvalue weighted by atomic mass is 9.97. The first-order valence-electron chi connectivity index (χ1n) is 6.21. The van der Waals surface area contributed by atoms with Gasteiger partial charge in [-0.15, -0.1) is 0 Å². The first-order chi connectivity index (χ1) is 10.1. The molecule has 0 aromatic rings. The van der Waals surface area contributed by atoms with Crippen LogP contribution in [0, 0.1) is 22.7 Å². The molecular weight excluding hydrogens is 262 g/mol. The number of hydrogen-bond acceptors (Lipinski definition) is 5. The minimum absolute atomic E-state index is 0.274. The average Bonchev–Trinajstić information content (AvgIpc) is 3.06. The van der Waals surface area contributed by atoms with E-state index in [1.807, 2.05) is 24.3 Å². The number of fused-ring (bicyclic) bond motifs is 2. The molecule has 0 spiro atoms. The monoisotopic (exact) mass is 273 g/mol. The number of hydrogen-bond donors (Lipinski definition) is 3. The zero-order chi connectivity index (χ0) is 15.1. The summed E-state index contributed by atoms with van der Waals surface area (Å²) in [4.78, 5) is 0. The lowest BCUT2D eigenvalue weighted by Gasteiger charge is -2.11. The van der Waals surface area contributed by atoms with Gasteiger partial charge in [0.2, 0.25) is 0 Å². The minimum Gasteiger partial charge on any atom is -0.398 e. The molecule has 3 rings (SSSR count). The van der Waals surface area contributed by atoms with Gasteiger partial charge in [-0.3, -0.25) is 0 Å². The molecular formula is C16H11N5. The summed E-state index contributed by atoms with van der Waals surface area (Å²) in [7, 11) is 0. The van der Waals surface area contributed by atoms with Crippen molar-refractivity contribution in [3.8, 4) is 34.4 Å². The van der Waals surface area contributed by atoms with Crippen molar-refractivity contribution in [1.82, 2.24) is 0 Å². The van der Waals surface area contributed by atoms with Gasteiger partial charge in [0, 0.05) is 22.4 Å². The van der Waals surface area contributed by atoms with Gasteiger partial charge in [0.1, 0.15) is 12.1 Å². The molecule has 0 radical (unpaired) electrons. The van der Waals surface area contributed by atoms with Gasteiger partial charge in [-0.1, -0.05) is 18.2 Å². The largest absolute Gasteiger partial charge is 0.398 e. The third-order valence-electron chi connectivity index (χ3n) is 3.65. The standard InChI is InChI=1S/C16H11N5/c17-6-9-4-8-2-1-3-11(8)16(21)13-12(14(9)19)5-10(7-18)15(13)20/h1-5H,19-21H2. The van der Waals surface area contributed by atoms with Crippen LogP contribution >= 0.6 is 0 Å². The van der Waals surface area contributed by atoms with Crippen molar-refractivity contribution in [3.05, 3.63) is 41.5 Å². The maximum absolute atomic E-state index is 9.31. The zero-order valence-electron chi connectivity index (χ0n) is 11.0.